The lowest BCUT2D eigenvalue weighted by molar-refractivity contribution is -0.134. The monoisotopic (exact) mass is 325 g/mol. The minimum absolute atomic E-state index is 0.00453. The third-order valence-corrected chi connectivity index (χ3v) is 4.24. The van der Waals surface area contributed by atoms with Gasteiger partial charge in [-0.15, -0.1) is 0 Å². The van der Waals surface area contributed by atoms with Gasteiger partial charge < -0.3 is 0 Å². The van der Waals surface area contributed by atoms with Gasteiger partial charge in [-0.25, -0.2) is 13.1 Å². The summed E-state index contributed by atoms with van der Waals surface area (Å²) in [6.45, 7) is 2.07. The van der Waals surface area contributed by atoms with Gasteiger partial charge in [0.25, 0.3) is 0 Å². The Morgan fingerprint density at radius 1 is 1.38 bits per heavy atom. The molecule has 0 aromatic carbocycles. The molecule has 0 saturated carbocycles. The molecular weight excluding hydrogens is 311 g/mol. The van der Waals surface area contributed by atoms with Gasteiger partial charge in [-0.2, -0.15) is 13.2 Å². The first kappa shape index (κ1) is 16.2. The Hall–Kier alpha value is 0.180. The maximum Gasteiger partial charge on any atom is 0.389 e. The molecule has 8 heteroatoms. The lowest BCUT2D eigenvalue weighted by Crippen LogP contribution is -2.31. The van der Waals surface area contributed by atoms with Crippen molar-refractivity contribution in [1.29, 1.82) is 0 Å². The second kappa shape index (κ2) is 6.80. The molecule has 3 nitrogen and oxygen atoms in total. The minimum Gasteiger partial charge on any atom is -0.214 e. The highest BCUT2D eigenvalue weighted by molar-refractivity contribution is 9.09. The molecule has 0 bridgehead atoms. The van der Waals surface area contributed by atoms with Crippen LogP contribution in [0.15, 0.2) is 0 Å². The van der Waals surface area contributed by atoms with E-state index in [0.29, 0.717) is 0 Å². The Kier molecular flexibility index (Phi) is 6.88. The minimum atomic E-state index is -4.29. The third-order valence-electron chi connectivity index (χ3n) is 1.84. The van der Waals surface area contributed by atoms with E-state index < -0.39 is 34.8 Å². The molecule has 0 fully saturated rings. The zero-order chi connectivity index (χ0) is 12.8. The van der Waals surface area contributed by atoms with Crippen LogP contribution in [0.5, 0.6) is 0 Å². The predicted octanol–water partition coefficient (Wildman–Crippen LogP) is 2.42. The Labute approximate surface area is 102 Å². The van der Waals surface area contributed by atoms with Crippen molar-refractivity contribution in [3.8, 4) is 0 Å². The molecule has 16 heavy (non-hydrogen) atoms. The van der Waals surface area contributed by atoms with Crippen LogP contribution in [0.25, 0.3) is 0 Å². The highest BCUT2D eigenvalue weighted by Crippen LogP contribution is 2.21. The van der Waals surface area contributed by atoms with Gasteiger partial charge in [-0.1, -0.05) is 22.9 Å². The van der Waals surface area contributed by atoms with E-state index in [1.807, 2.05) is 6.92 Å². The van der Waals surface area contributed by atoms with Crippen LogP contribution in [0.1, 0.15) is 26.2 Å². The van der Waals surface area contributed by atoms with Gasteiger partial charge in [-0.05, 0) is 12.8 Å². The van der Waals surface area contributed by atoms with Crippen molar-refractivity contribution in [2.24, 2.45) is 0 Å². The standard InChI is InChI=1S/C8H15BrF3NO2S/c1-2-7(9)6-13-16(14,15)5-3-4-8(10,11)12/h7,13H,2-6H2,1H3. The van der Waals surface area contributed by atoms with Crippen molar-refractivity contribution in [1.82, 2.24) is 4.72 Å². The van der Waals surface area contributed by atoms with Crippen molar-refractivity contribution in [2.75, 3.05) is 12.3 Å². The molecule has 0 amide bonds. The second-order valence-electron chi connectivity index (χ2n) is 3.39. The zero-order valence-electron chi connectivity index (χ0n) is 8.85. The fourth-order valence-corrected chi connectivity index (χ4v) is 2.40. The molecule has 0 aliphatic rings. The largest absolute Gasteiger partial charge is 0.389 e. The summed E-state index contributed by atoms with van der Waals surface area (Å²) >= 11 is 3.22. The molecule has 0 radical (unpaired) electrons. The number of halogens is 4. The molecule has 0 aromatic rings. The van der Waals surface area contributed by atoms with Crippen LogP contribution in [0, 0.1) is 0 Å². The number of rotatable bonds is 7. The second-order valence-corrected chi connectivity index (χ2v) is 6.61. The maximum atomic E-state index is 11.8. The molecule has 1 atom stereocenters. The molecule has 98 valence electrons. The third kappa shape index (κ3) is 9.41. The van der Waals surface area contributed by atoms with E-state index in [4.69, 9.17) is 0 Å². The predicted molar refractivity (Wildman–Crippen MR) is 60.1 cm³/mol. The van der Waals surface area contributed by atoms with Crippen molar-refractivity contribution >= 4 is 26.0 Å². The van der Waals surface area contributed by atoms with Gasteiger partial charge >= 0.3 is 6.18 Å². The maximum absolute atomic E-state index is 11.8. The fraction of sp³-hybridized carbons (Fsp3) is 1.00. The quantitative estimate of drug-likeness (QED) is 0.731. The number of hydrogen-bond acceptors (Lipinski definition) is 2. The average Bonchev–Trinajstić information content (AvgIpc) is 2.12. The molecule has 0 aliphatic heterocycles. The van der Waals surface area contributed by atoms with Crippen LogP contribution >= 0.6 is 15.9 Å². The summed E-state index contributed by atoms with van der Waals surface area (Å²) in [5, 5.41) is 0. The van der Waals surface area contributed by atoms with Crippen LogP contribution in [-0.4, -0.2) is 31.7 Å². The Balaban J connectivity index is 3.89. The summed E-state index contributed by atoms with van der Waals surface area (Å²) in [6, 6.07) is 0. The van der Waals surface area contributed by atoms with E-state index in [1.165, 1.54) is 0 Å². The summed E-state index contributed by atoms with van der Waals surface area (Å²) < 4.78 is 60.1. The van der Waals surface area contributed by atoms with Crippen molar-refractivity contribution in [2.45, 2.75) is 37.2 Å². The van der Waals surface area contributed by atoms with Crippen molar-refractivity contribution in [3.05, 3.63) is 0 Å². The highest BCUT2D eigenvalue weighted by Gasteiger charge is 2.27. The molecule has 1 N–H and O–H groups in total. The average molecular weight is 326 g/mol. The Morgan fingerprint density at radius 2 is 1.94 bits per heavy atom. The van der Waals surface area contributed by atoms with Gasteiger partial charge in [0, 0.05) is 17.8 Å². The number of alkyl halides is 4. The van der Waals surface area contributed by atoms with E-state index in [1.54, 1.807) is 0 Å². The smallest absolute Gasteiger partial charge is 0.214 e. The normalized spacial score (nSPS) is 15.1. The van der Waals surface area contributed by atoms with Gasteiger partial charge in [0.05, 0.1) is 5.75 Å². The van der Waals surface area contributed by atoms with Crippen LogP contribution in [0.2, 0.25) is 0 Å². The number of sulfonamides is 1. The Bertz CT molecular complexity index is 292. The van der Waals surface area contributed by atoms with E-state index in [-0.39, 0.29) is 11.4 Å². The molecule has 0 rings (SSSR count). The Morgan fingerprint density at radius 3 is 2.38 bits per heavy atom. The first-order valence-corrected chi connectivity index (χ1v) is 7.41. The first-order valence-electron chi connectivity index (χ1n) is 4.84. The number of hydrogen-bond donors (Lipinski definition) is 1. The molecule has 0 heterocycles. The molecule has 0 spiro atoms. The van der Waals surface area contributed by atoms with Gasteiger partial charge in [0.1, 0.15) is 0 Å². The molecule has 0 aliphatic carbocycles. The van der Waals surface area contributed by atoms with Gasteiger partial charge in [-0.3, -0.25) is 0 Å². The van der Waals surface area contributed by atoms with E-state index in [0.717, 1.165) is 6.42 Å². The van der Waals surface area contributed by atoms with Gasteiger partial charge in [0.15, 0.2) is 0 Å². The molecule has 0 aromatic heterocycles. The molecule has 0 saturated heterocycles. The topological polar surface area (TPSA) is 46.2 Å². The van der Waals surface area contributed by atoms with Crippen LogP contribution < -0.4 is 4.72 Å². The summed E-state index contributed by atoms with van der Waals surface area (Å²) in [4.78, 5) is 0.00453. The summed E-state index contributed by atoms with van der Waals surface area (Å²) in [7, 11) is -3.59. The van der Waals surface area contributed by atoms with Crippen molar-refractivity contribution in [3.63, 3.8) is 0 Å². The SMILES string of the molecule is CCC(Br)CNS(=O)(=O)CCCC(F)(F)F. The van der Waals surface area contributed by atoms with Crippen LogP contribution in [-0.2, 0) is 10.0 Å². The summed E-state index contributed by atoms with van der Waals surface area (Å²) in [6.07, 6.45) is -5.03. The van der Waals surface area contributed by atoms with E-state index in [9.17, 15) is 21.6 Å². The zero-order valence-corrected chi connectivity index (χ0v) is 11.3. The van der Waals surface area contributed by atoms with Crippen LogP contribution in [0.3, 0.4) is 0 Å². The fourth-order valence-electron chi connectivity index (χ4n) is 0.897. The summed E-state index contributed by atoms with van der Waals surface area (Å²) in [5.41, 5.74) is 0. The molecular formula is C8H15BrF3NO2S. The van der Waals surface area contributed by atoms with E-state index in [2.05, 4.69) is 20.7 Å². The lowest BCUT2D eigenvalue weighted by atomic mass is 10.3. The molecule has 1 unspecified atom stereocenters. The van der Waals surface area contributed by atoms with Crippen molar-refractivity contribution < 1.29 is 21.6 Å². The highest BCUT2D eigenvalue weighted by atomic mass is 79.9. The number of nitrogens with one attached hydrogen (secondary N) is 1. The van der Waals surface area contributed by atoms with Gasteiger partial charge in [0.2, 0.25) is 10.0 Å². The summed E-state index contributed by atoms with van der Waals surface area (Å²) in [5.74, 6) is -0.490. The first-order chi connectivity index (χ1) is 7.16. The van der Waals surface area contributed by atoms with E-state index >= 15 is 0 Å². The lowest BCUT2D eigenvalue weighted by Gasteiger charge is -2.10. The van der Waals surface area contributed by atoms with Crippen LogP contribution in [0.4, 0.5) is 13.2 Å².